The molecule has 0 atom stereocenters. The minimum absolute atomic E-state index is 0.0378. The first-order valence-electron chi connectivity index (χ1n) is 9.59. The molecule has 0 saturated carbocycles. The molecular formula is C24H21FN4O. The van der Waals surface area contributed by atoms with Crippen LogP contribution in [-0.2, 0) is 0 Å². The normalized spacial score (nSPS) is 10.8. The number of aromatic nitrogens is 3. The van der Waals surface area contributed by atoms with Crippen LogP contribution in [0.2, 0.25) is 0 Å². The molecule has 0 unspecified atom stereocenters. The average molecular weight is 400 g/mol. The number of nitrogens with zero attached hydrogens (tertiary/aromatic N) is 3. The van der Waals surface area contributed by atoms with Gasteiger partial charge in [-0.2, -0.15) is 0 Å². The van der Waals surface area contributed by atoms with Gasteiger partial charge in [0.1, 0.15) is 5.82 Å². The van der Waals surface area contributed by atoms with E-state index in [4.69, 9.17) is 0 Å². The molecule has 0 bridgehead atoms. The zero-order valence-corrected chi connectivity index (χ0v) is 17.0. The van der Waals surface area contributed by atoms with Gasteiger partial charge in [-0.25, -0.2) is 14.1 Å². The summed E-state index contributed by atoms with van der Waals surface area (Å²) in [5.74, 6) is -0.242. The highest BCUT2D eigenvalue weighted by molar-refractivity contribution is 6.01. The van der Waals surface area contributed by atoms with Gasteiger partial charge in [-0.05, 0) is 74.4 Å². The predicted molar refractivity (Wildman–Crippen MR) is 115 cm³/mol. The largest absolute Gasteiger partial charge is 0.319 e. The van der Waals surface area contributed by atoms with E-state index in [0.29, 0.717) is 17.1 Å². The third kappa shape index (κ3) is 3.98. The molecule has 0 aliphatic heterocycles. The highest BCUT2D eigenvalue weighted by Crippen LogP contribution is 2.24. The van der Waals surface area contributed by atoms with Crippen molar-refractivity contribution in [2.24, 2.45) is 0 Å². The Morgan fingerprint density at radius 2 is 1.67 bits per heavy atom. The van der Waals surface area contributed by atoms with E-state index in [9.17, 15) is 9.18 Å². The predicted octanol–water partition coefficient (Wildman–Crippen LogP) is 5.25. The van der Waals surface area contributed by atoms with Crippen LogP contribution < -0.4 is 5.32 Å². The van der Waals surface area contributed by atoms with Crippen molar-refractivity contribution >= 4 is 11.6 Å². The number of carbonyl (C=O) groups is 1. The number of halogens is 1. The number of nitrogens with one attached hydrogen (secondary N) is 1. The Balaban J connectivity index is 1.79. The summed E-state index contributed by atoms with van der Waals surface area (Å²) < 4.78 is 15.1. The Labute approximate surface area is 174 Å². The monoisotopic (exact) mass is 400 g/mol. The van der Waals surface area contributed by atoms with Gasteiger partial charge in [0.25, 0.3) is 5.91 Å². The van der Waals surface area contributed by atoms with E-state index in [-0.39, 0.29) is 11.6 Å². The molecule has 4 aromatic rings. The van der Waals surface area contributed by atoms with Gasteiger partial charge in [-0.1, -0.05) is 29.8 Å². The number of benzene rings is 3. The molecule has 6 heteroatoms. The second-order valence-electron chi connectivity index (χ2n) is 7.29. The fraction of sp³-hybridized carbons (Fsp3) is 0.125. The summed E-state index contributed by atoms with van der Waals surface area (Å²) in [6, 6.07) is 19.4. The molecule has 0 spiro atoms. The van der Waals surface area contributed by atoms with Crippen LogP contribution in [0.4, 0.5) is 10.1 Å². The van der Waals surface area contributed by atoms with Crippen molar-refractivity contribution in [2.75, 3.05) is 5.32 Å². The summed E-state index contributed by atoms with van der Waals surface area (Å²) in [6.45, 7) is 5.94. The van der Waals surface area contributed by atoms with Crippen molar-refractivity contribution in [1.82, 2.24) is 14.8 Å². The molecule has 1 amide bonds. The van der Waals surface area contributed by atoms with Gasteiger partial charge in [-0.15, -0.1) is 5.10 Å². The average Bonchev–Trinajstić information content (AvgIpc) is 3.14. The second-order valence-corrected chi connectivity index (χ2v) is 7.29. The molecule has 3 aromatic carbocycles. The van der Waals surface area contributed by atoms with Gasteiger partial charge in [0.05, 0.1) is 5.69 Å². The number of anilines is 1. The molecule has 150 valence electrons. The first-order chi connectivity index (χ1) is 14.4. The summed E-state index contributed by atoms with van der Waals surface area (Å²) in [7, 11) is 0. The zero-order valence-electron chi connectivity index (χ0n) is 17.0. The fourth-order valence-electron chi connectivity index (χ4n) is 3.31. The van der Waals surface area contributed by atoms with E-state index in [1.807, 2.05) is 63.2 Å². The third-order valence-electron chi connectivity index (χ3n) is 4.77. The Bertz CT molecular complexity index is 1230. The Kier molecular flexibility index (Phi) is 5.14. The highest BCUT2D eigenvalue weighted by Gasteiger charge is 2.20. The molecule has 0 saturated heterocycles. The lowest BCUT2D eigenvalue weighted by atomic mass is 10.1. The van der Waals surface area contributed by atoms with Crippen LogP contribution in [0.25, 0.3) is 17.1 Å². The van der Waals surface area contributed by atoms with Crippen LogP contribution in [0.5, 0.6) is 0 Å². The fourth-order valence-corrected chi connectivity index (χ4v) is 3.31. The van der Waals surface area contributed by atoms with Crippen molar-refractivity contribution in [2.45, 2.75) is 20.8 Å². The molecule has 0 radical (unpaired) electrons. The Hall–Kier alpha value is -3.80. The molecule has 1 N–H and O–H groups in total. The summed E-state index contributed by atoms with van der Waals surface area (Å²) in [5.41, 5.74) is 5.30. The molecular weight excluding hydrogens is 379 g/mol. The number of amides is 1. The summed E-state index contributed by atoms with van der Waals surface area (Å²) in [6.07, 6.45) is 0. The van der Waals surface area contributed by atoms with E-state index in [2.05, 4.69) is 15.4 Å². The van der Waals surface area contributed by atoms with Crippen molar-refractivity contribution in [1.29, 1.82) is 0 Å². The molecule has 4 rings (SSSR count). The van der Waals surface area contributed by atoms with E-state index < -0.39 is 5.91 Å². The van der Waals surface area contributed by atoms with Gasteiger partial charge in [0.2, 0.25) is 5.82 Å². The minimum Gasteiger partial charge on any atom is -0.319 e. The number of rotatable bonds is 4. The molecule has 30 heavy (non-hydrogen) atoms. The smallest absolute Gasteiger partial charge is 0.295 e. The minimum atomic E-state index is -0.410. The number of aryl methyl sites for hydroxylation is 3. The molecule has 0 fully saturated rings. The van der Waals surface area contributed by atoms with Crippen molar-refractivity contribution < 1.29 is 9.18 Å². The summed E-state index contributed by atoms with van der Waals surface area (Å²) in [4.78, 5) is 17.3. The van der Waals surface area contributed by atoms with Crippen molar-refractivity contribution in [3.63, 3.8) is 0 Å². The van der Waals surface area contributed by atoms with Crippen LogP contribution in [0.15, 0.2) is 66.7 Å². The van der Waals surface area contributed by atoms with Gasteiger partial charge < -0.3 is 5.32 Å². The maximum absolute atomic E-state index is 13.4. The highest BCUT2D eigenvalue weighted by atomic mass is 19.1. The van der Waals surface area contributed by atoms with Crippen molar-refractivity contribution in [3.8, 4) is 17.1 Å². The first-order valence-corrected chi connectivity index (χ1v) is 9.59. The number of carbonyl (C=O) groups excluding carboxylic acids is 1. The van der Waals surface area contributed by atoms with Gasteiger partial charge in [0.15, 0.2) is 5.82 Å². The van der Waals surface area contributed by atoms with Crippen LogP contribution >= 0.6 is 0 Å². The molecule has 1 heterocycles. The molecule has 0 aliphatic rings. The molecule has 0 aliphatic carbocycles. The van der Waals surface area contributed by atoms with E-state index in [1.165, 1.54) is 12.1 Å². The number of hydrogen-bond donors (Lipinski definition) is 1. The first kappa shape index (κ1) is 19.5. The molecule has 1 aromatic heterocycles. The van der Waals surface area contributed by atoms with E-state index in [1.54, 1.807) is 16.8 Å². The lowest BCUT2D eigenvalue weighted by molar-refractivity contribution is 0.101. The Morgan fingerprint density at radius 1 is 0.933 bits per heavy atom. The van der Waals surface area contributed by atoms with E-state index in [0.717, 1.165) is 22.4 Å². The van der Waals surface area contributed by atoms with Gasteiger partial charge >= 0.3 is 0 Å². The standard InChI is InChI=1S/C24H21FN4O/c1-15-5-4-6-20(14-15)26-24(30)22-27-23(18-8-10-19(25)11-9-18)29(28-22)21-12-7-16(2)13-17(21)3/h4-14H,1-3H3,(H,26,30). The van der Waals surface area contributed by atoms with E-state index >= 15 is 0 Å². The van der Waals surface area contributed by atoms with Crippen LogP contribution in [0.1, 0.15) is 27.3 Å². The summed E-state index contributed by atoms with van der Waals surface area (Å²) >= 11 is 0. The third-order valence-corrected chi connectivity index (χ3v) is 4.77. The maximum atomic E-state index is 13.4. The van der Waals surface area contributed by atoms with Gasteiger partial charge in [-0.3, -0.25) is 4.79 Å². The quantitative estimate of drug-likeness (QED) is 0.509. The lowest BCUT2D eigenvalue weighted by Gasteiger charge is -2.10. The molecule has 5 nitrogen and oxygen atoms in total. The second kappa shape index (κ2) is 7.91. The van der Waals surface area contributed by atoms with Crippen LogP contribution in [-0.4, -0.2) is 20.7 Å². The SMILES string of the molecule is Cc1cccc(NC(=O)c2nc(-c3ccc(F)cc3)n(-c3ccc(C)cc3C)n2)c1. The lowest BCUT2D eigenvalue weighted by Crippen LogP contribution is -2.14. The van der Waals surface area contributed by atoms with Crippen molar-refractivity contribution in [3.05, 3.63) is 95.1 Å². The van der Waals surface area contributed by atoms with Crippen LogP contribution in [0, 0.1) is 26.6 Å². The number of hydrogen-bond acceptors (Lipinski definition) is 3. The topological polar surface area (TPSA) is 59.8 Å². The Morgan fingerprint density at radius 3 is 2.37 bits per heavy atom. The summed E-state index contributed by atoms with van der Waals surface area (Å²) in [5, 5.41) is 7.33. The van der Waals surface area contributed by atoms with Crippen LogP contribution in [0.3, 0.4) is 0 Å². The zero-order chi connectivity index (χ0) is 21.3. The maximum Gasteiger partial charge on any atom is 0.295 e. The van der Waals surface area contributed by atoms with Gasteiger partial charge in [0, 0.05) is 11.3 Å².